The third-order valence-electron chi connectivity index (χ3n) is 11.5. The van der Waals surface area contributed by atoms with Gasteiger partial charge in [-0.2, -0.15) is 0 Å². The summed E-state index contributed by atoms with van der Waals surface area (Å²) in [5.74, 6) is -3.27. The molecular weight excluding hydrogens is 835 g/mol. The zero-order chi connectivity index (χ0) is 47.3. The molecule has 0 aliphatic carbocycles. The van der Waals surface area contributed by atoms with Crippen LogP contribution in [0, 0.1) is 6.92 Å². The molecule has 1 heterocycles. The van der Waals surface area contributed by atoms with Gasteiger partial charge in [0.1, 0.15) is 23.9 Å². The molecule has 0 aliphatic heterocycles. The summed E-state index contributed by atoms with van der Waals surface area (Å²) in [6, 6.07) is 28.4. The van der Waals surface area contributed by atoms with Crippen molar-refractivity contribution in [1.29, 1.82) is 0 Å². The van der Waals surface area contributed by atoms with Gasteiger partial charge in [0.25, 0.3) is 0 Å². The number of rotatable bonds is 27. The van der Waals surface area contributed by atoms with Gasteiger partial charge in [0, 0.05) is 38.4 Å². The quantitative estimate of drug-likeness (QED) is 0.0304. The molecule has 8 N–H and O–H groups in total. The largest absolute Gasteiger partial charge is 0.508 e. The lowest BCUT2D eigenvalue weighted by Gasteiger charge is -2.25. The van der Waals surface area contributed by atoms with Gasteiger partial charge in [-0.05, 0) is 67.0 Å². The predicted molar refractivity (Wildman–Crippen MR) is 254 cm³/mol. The highest BCUT2D eigenvalue weighted by atomic mass is 16.4. The maximum Gasteiger partial charge on any atom is 0.326 e. The lowest BCUT2D eigenvalue weighted by atomic mass is 9.98. The van der Waals surface area contributed by atoms with Crippen LogP contribution in [0.25, 0.3) is 0 Å². The third kappa shape index (κ3) is 16.3. The highest BCUT2D eigenvalue weighted by molar-refractivity contribution is 5.94. The molecule has 350 valence electrons. The molecule has 0 saturated heterocycles. The van der Waals surface area contributed by atoms with Crippen LogP contribution in [0.4, 0.5) is 0 Å². The molecule has 0 saturated carbocycles. The first kappa shape index (κ1) is 50.2. The summed E-state index contributed by atoms with van der Waals surface area (Å²) in [5, 5.41) is 31.0. The van der Waals surface area contributed by atoms with E-state index in [0.717, 1.165) is 54.4 Å². The molecule has 0 unspecified atom stereocenters. The second-order valence-corrected chi connectivity index (χ2v) is 16.9. The van der Waals surface area contributed by atoms with Crippen molar-refractivity contribution in [3.8, 4) is 5.75 Å². The van der Waals surface area contributed by atoms with Gasteiger partial charge in [0.2, 0.25) is 23.6 Å². The van der Waals surface area contributed by atoms with Crippen molar-refractivity contribution >= 4 is 29.6 Å². The first-order chi connectivity index (χ1) is 31.9. The molecule has 4 aromatic carbocycles. The van der Waals surface area contributed by atoms with Crippen LogP contribution < -0.4 is 27.0 Å². The van der Waals surface area contributed by atoms with E-state index in [1.165, 1.54) is 12.1 Å². The summed E-state index contributed by atoms with van der Waals surface area (Å²) in [4.78, 5) is 71.7. The fourth-order valence-corrected chi connectivity index (χ4v) is 7.76. The van der Waals surface area contributed by atoms with Crippen molar-refractivity contribution in [1.82, 2.24) is 30.8 Å². The molecule has 4 amide bonds. The Labute approximate surface area is 387 Å². The SMILES string of the molecule is CCCCCCCC(=O)NCCCC[C@H](NC(=O)[C@@H](N)Cc1cn(C(c2ccccc2)c2ccccc2)cn1)C(=O)N[C@H](Cc1ccc(C)cc1)C(=O)N[C@@H](Cc1ccc(O)cc1)C(=O)O. The number of aromatic nitrogens is 2. The molecule has 0 fully saturated rings. The number of carboxylic acids is 1. The summed E-state index contributed by atoms with van der Waals surface area (Å²) >= 11 is 0. The average molecular weight is 900 g/mol. The van der Waals surface area contributed by atoms with Crippen molar-refractivity contribution in [3.05, 3.63) is 155 Å². The summed E-state index contributed by atoms with van der Waals surface area (Å²) in [6.07, 6.45) is 10.4. The minimum absolute atomic E-state index is 0.0163. The first-order valence-corrected chi connectivity index (χ1v) is 23.0. The maximum absolute atomic E-state index is 14.3. The monoisotopic (exact) mass is 899 g/mol. The number of phenols is 1. The number of nitrogens with zero attached hydrogens (tertiary/aromatic N) is 2. The maximum atomic E-state index is 14.3. The van der Waals surface area contributed by atoms with Crippen LogP contribution in [0.5, 0.6) is 5.75 Å². The van der Waals surface area contributed by atoms with Crippen molar-refractivity contribution in [3.63, 3.8) is 0 Å². The number of nitrogens with two attached hydrogens (primary N) is 1. The van der Waals surface area contributed by atoms with Crippen molar-refractivity contribution in [2.24, 2.45) is 5.73 Å². The van der Waals surface area contributed by atoms with Crippen molar-refractivity contribution in [2.45, 2.75) is 121 Å². The predicted octanol–water partition coefficient (Wildman–Crippen LogP) is 6.08. The Morgan fingerprint density at radius 1 is 0.652 bits per heavy atom. The van der Waals surface area contributed by atoms with E-state index in [1.807, 2.05) is 103 Å². The van der Waals surface area contributed by atoms with Gasteiger partial charge in [0.15, 0.2) is 0 Å². The van der Waals surface area contributed by atoms with E-state index >= 15 is 0 Å². The van der Waals surface area contributed by atoms with E-state index in [0.29, 0.717) is 37.1 Å². The Hall–Kier alpha value is -6.80. The molecule has 0 bridgehead atoms. The van der Waals surface area contributed by atoms with E-state index in [-0.39, 0.29) is 43.4 Å². The Bertz CT molecular complexity index is 2250. The molecular formula is C52H65N7O7. The number of unbranched alkanes of at least 4 members (excludes halogenated alkanes) is 5. The summed E-state index contributed by atoms with van der Waals surface area (Å²) < 4.78 is 1.98. The number of nitrogens with one attached hydrogen (secondary N) is 4. The summed E-state index contributed by atoms with van der Waals surface area (Å²) in [5.41, 5.74) is 11.5. The van der Waals surface area contributed by atoms with Crippen LogP contribution in [0.15, 0.2) is 122 Å². The molecule has 14 heteroatoms. The summed E-state index contributed by atoms with van der Waals surface area (Å²) in [7, 11) is 0. The van der Waals surface area contributed by atoms with Crippen LogP contribution in [0.3, 0.4) is 0 Å². The lowest BCUT2D eigenvalue weighted by Crippen LogP contribution is -2.58. The number of aromatic hydroxyl groups is 1. The molecule has 66 heavy (non-hydrogen) atoms. The lowest BCUT2D eigenvalue weighted by molar-refractivity contribution is -0.142. The number of hydrogen-bond acceptors (Lipinski definition) is 8. The Balaban J connectivity index is 1.30. The second kappa shape index (κ2) is 26.2. The van der Waals surface area contributed by atoms with Gasteiger partial charge in [0.05, 0.1) is 24.1 Å². The number of amides is 4. The van der Waals surface area contributed by atoms with Gasteiger partial charge in [-0.3, -0.25) is 19.2 Å². The highest BCUT2D eigenvalue weighted by Gasteiger charge is 2.31. The van der Waals surface area contributed by atoms with E-state index in [4.69, 9.17) is 5.73 Å². The van der Waals surface area contributed by atoms with Crippen LogP contribution in [-0.4, -0.2) is 80.1 Å². The molecule has 0 aliphatic rings. The van der Waals surface area contributed by atoms with E-state index in [9.17, 15) is 34.2 Å². The van der Waals surface area contributed by atoms with Gasteiger partial charge in [-0.25, -0.2) is 9.78 Å². The van der Waals surface area contributed by atoms with Gasteiger partial charge in [-0.1, -0.05) is 135 Å². The Morgan fingerprint density at radius 2 is 1.21 bits per heavy atom. The molecule has 0 spiro atoms. The number of carboxylic acid groups (broad SMARTS) is 1. The minimum Gasteiger partial charge on any atom is -0.508 e. The highest BCUT2D eigenvalue weighted by Crippen LogP contribution is 2.27. The zero-order valence-electron chi connectivity index (χ0n) is 38.0. The fourth-order valence-electron chi connectivity index (χ4n) is 7.76. The van der Waals surface area contributed by atoms with Crippen LogP contribution in [0.2, 0.25) is 0 Å². The first-order valence-electron chi connectivity index (χ1n) is 23.0. The topological polar surface area (TPSA) is 218 Å². The van der Waals surface area contributed by atoms with E-state index in [2.05, 4.69) is 33.2 Å². The van der Waals surface area contributed by atoms with E-state index in [1.54, 1.807) is 18.5 Å². The number of hydrogen-bond donors (Lipinski definition) is 7. The van der Waals surface area contributed by atoms with Gasteiger partial charge in [-0.15, -0.1) is 0 Å². The number of imidazole rings is 1. The molecule has 0 radical (unpaired) electrons. The molecule has 4 atom stereocenters. The minimum atomic E-state index is -1.35. The van der Waals surface area contributed by atoms with Crippen LogP contribution in [0.1, 0.15) is 104 Å². The second-order valence-electron chi connectivity index (χ2n) is 16.9. The Kier molecular flexibility index (Phi) is 20.0. The number of aliphatic carboxylic acids is 1. The number of phenolic OH excluding ortho intramolecular Hbond substituents is 1. The number of benzene rings is 4. The average Bonchev–Trinajstić information content (AvgIpc) is 3.77. The van der Waals surface area contributed by atoms with Crippen LogP contribution in [-0.2, 0) is 43.2 Å². The van der Waals surface area contributed by atoms with Gasteiger partial charge >= 0.3 is 5.97 Å². The number of aryl methyl sites for hydroxylation is 1. The molecule has 5 aromatic rings. The molecule has 14 nitrogen and oxygen atoms in total. The standard InChI is InChI=1S/C52H65N7O7/c1-3-4-5-6-13-21-47(61)54-30-15-14-20-44(56-49(62)43(53)33-41-34-59(35-55-41)48(39-16-9-7-10-17-39)40-18-11-8-12-19-40)50(63)57-45(31-37-24-22-36(2)23-25-37)51(64)58-46(52(65)66)32-38-26-28-42(60)29-27-38/h7-12,16-19,22-29,34-35,43-46,48,60H,3-6,13-15,20-21,30-33,53H2,1-2H3,(H,54,61)(H,56,62)(H,57,63)(H,58,64)(H,65,66)/t43-,44-,45+,46-/m0/s1. The smallest absolute Gasteiger partial charge is 0.326 e. The molecule has 5 rings (SSSR count). The van der Waals surface area contributed by atoms with Crippen LogP contribution >= 0.6 is 0 Å². The van der Waals surface area contributed by atoms with Crippen molar-refractivity contribution in [2.75, 3.05) is 6.54 Å². The normalized spacial score (nSPS) is 13.0. The Morgan fingerprint density at radius 3 is 1.83 bits per heavy atom. The summed E-state index contributed by atoms with van der Waals surface area (Å²) in [6.45, 7) is 4.46. The zero-order valence-corrected chi connectivity index (χ0v) is 38.0. The third-order valence-corrected chi connectivity index (χ3v) is 11.5. The van der Waals surface area contributed by atoms with E-state index < -0.39 is 47.9 Å². The van der Waals surface area contributed by atoms with Crippen molar-refractivity contribution < 1.29 is 34.2 Å². The number of carbonyl (C=O) groups is 5. The fraction of sp³-hybridized carbons (Fsp3) is 0.385. The van der Waals surface area contributed by atoms with Gasteiger partial charge < -0.3 is 41.8 Å². The molecule has 1 aromatic heterocycles. The number of carbonyl (C=O) groups excluding carboxylic acids is 4.